The third kappa shape index (κ3) is 2.94. The number of halogens is 2. The molecule has 0 saturated heterocycles. The van der Waals surface area contributed by atoms with Crippen molar-refractivity contribution < 1.29 is 4.39 Å². The van der Waals surface area contributed by atoms with Gasteiger partial charge in [0, 0.05) is 18.9 Å². The summed E-state index contributed by atoms with van der Waals surface area (Å²) in [7, 11) is 0. The van der Waals surface area contributed by atoms with E-state index in [1.165, 1.54) is 18.2 Å². The monoisotopic (exact) mass is 250 g/mol. The lowest BCUT2D eigenvalue weighted by molar-refractivity contribution is 0.628. The Bertz CT molecular complexity index is 529. The van der Waals surface area contributed by atoms with E-state index in [-0.39, 0.29) is 5.82 Å². The van der Waals surface area contributed by atoms with Crippen molar-refractivity contribution >= 4 is 17.3 Å². The summed E-state index contributed by atoms with van der Waals surface area (Å²) < 4.78 is 13.0. The van der Waals surface area contributed by atoms with Crippen molar-refractivity contribution in [3.05, 3.63) is 58.6 Å². The van der Waals surface area contributed by atoms with Gasteiger partial charge in [0.15, 0.2) is 0 Å². The number of aromatic nitrogens is 1. The highest BCUT2D eigenvalue weighted by molar-refractivity contribution is 6.33. The van der Waals surface area contributed by atoms with Crippen LogP contribution in [0.3, 0.4) is 0 Å². The van der Waals surface area contributed by atoms with Crippen LogP contribution in [0.1, 0.15) is 11.1 Å². The average molecular weight is 251 g/mol. The van der Waals surface area contributed by atoms with Gasteiger partial charge in [0.05, 0.1) is 10.7 Å². The van der Waals surface area contributed by atoms with Crippen LogP contribution in [0, 0.1) is 12.7 Å². The number of hydrogen-bond donors (Lipinski definition) is 1. The first kappa shape index (κ1) is 11.9. The van der Waals surface area contributed by atoms with Crippen LogP contribution in [0.15, 0.2) is 36.7 Å². The van der Waals surface area contributed by atoms with Gasteiger partial charge in [-0.05, 0) is 42.3 Å². The Labute approximate surface area is 104 Å². The maximum absolute atomic E-state index is 13.0. The fraction of sp³-hybridized carbons (Fsp3) is 0.154. The fourth-order valence-electron chi connectivity index (χ4n) is 1.51. The van der Waals surface area contributed by atoms with E-state index in [2.05, 4.69) is 10.3 Å². The number of benzene rings is 1. The normalized spacial score (nSPS) is 10.3. The molecule has 1 aromatic heterocycles. The topological polar surface area (TPSA) is 24.9 Å². The van der Waals surface area contributed by atoms with Gasteiger partial charge in [-0.1, -0.05) is 11.6 Å². The fourth-order valence-corrected chi connectivity index (χ4v) is 1.69. The Morgan fingerprint density at radius 2 is 2.18 bits per heavy atom. The van der Waals surface area contributed by atoms with Gasteiger partial charge in [-0.15, -0.1) is 0 Å². The van der Waals surface area contributed by atoms with Crippen molar-refractivity contribution in [2.24, 2.45) is 0 Å². The first-order chi connectivity index (χ1) is 8.16. The minimum atomic E-state index is -0.306. The lowest BCUT2D eigenvalue weighted by Gasteiger charge is -2.10. The molecule has 2 nitrogen and oxygen atoms in total. The first-order valence-electron chi connectivity index (χ1n) is 5.25. The zero-order valence-electron chi connectivity index (χ0n) is 9.37. The Kier molecular flexibility index (Phi) is 3.59. The minimum absolute atomic E-state index is 0.306. The smallest absolute Gasteiger partial charge is 0.125 e. The van der Waals surface area contributed by atoms with Crippen molar-refractivity contribution in [1.29, 1.82) is 0 Å². The van der Waals surface area contributed by atoms with Gasteiger partial charge in [0.25, 0.3) is 0 Å². The molecular formula is C13H12ClFN2. The van der Waals surface area contributed by atoms with Crippen LogP contribution in [0.25, 0.3) is 0 Å². The third-order valence-electron chi connectivity index (χ3n) is 2.55. The van der Waals surface area contributed by atoms with Crippen LogP contribution in [0.5, 0.6) is 0 Å². The largest absolute Gasteiger partial charge is 0.380 e. The molecule has 17 heavy (non-hydrogen) atoms. The van der Waals surface area contributed by atoms with Gasteiger partial charge in [0.2, 0.25) is 0 Å². The predicted molar refractivity (Wildman–Crippen MR) is 67.7 cm³/mol. The molecule has 0 aliphatic heterocycles. The quantitative estimate of drug-likeness (QED) is 0.896. The molecule has 1 heterocycles. The van der Waals surface area contributed by atoms with Crippen molar-refractivity contribution in [3.63, 3.8) is 0 Å². The summed E-state index contributed by atoms with van der Waals surface area (Å²) in [6, 6.07) is 6.19. The molecule has 0 amide bonds. The highest BCUT2D eigenvalue weighted by Crippen LogP contribution is 2.23. The SMILES string of the molecule is Cc1ccncc1CNc1cc(F)ccc1Cl. The summed E-state index contributed by atoms with van der Waals surface area (Å²) in [5.41, 5.74) is 2.79. The second kappa shape index (κ2) is 5.15. The van der Waals surface area contributed by atoms with Gasteiger partial charge in [-0.25, -0.2) is 4.39 Å². The zero-order chi connectivity index (χ0) is 12.3. The molecule has 0 radical (unpaired) electrons. The number of pyridine rings is 1. The van der Waals surface area contributed by atoms with E-state index in [0.717, 1.165) is 11.1 Å². The lowest BCUT2D eigenvalue weighted by Crippen LogP contribution is -2.02. The molecule has 4 heteroatoms. The molecule has 88 valence electrons. The molecule has 0 saturated carbocycles. The molecule has 0 bridgehead atoms. The second-order valence-electron chi connectivity index (χ2n) is 3.78. The molecular weight excluding hydrogens is 239 g/mol. The number of aryl methyl sites for hydroxylation is 1. The van der Waals surface area contributed by atoms with E-state index in [4.69, 9.17) is 11.6 Å². The van der Waals surface area contributed by atoms with E-state index >= 15 is 0 Å². The van der Waals surface area contributed by atoms with Crippen LogP contribution in [-0.4, -0.2) is 4.98 Å². The Morgan fingerprint density at radius 3 is 2.94 bits per heavy atom. The highest BCUT2D eigenvalue weighted by Gasteiger charge is 2.03. The van der Waals surface area contributed by atoms with Crippen LogP contribution >= 0.6 is 11.6 Å². The summed E-state index contributed by atoms with van der Waals surface area (Å²) in [5.74, 6) is -0.306. The van der Waals surface area contributed by atoms with Crippen molar-refractivity contribution in [2.75, 3.05) is 5.32 Å². The summed E-state index contributed by atoms with van der Waals surface area (Å²) in [6.45, 7) is 2.58. The Morgan fingerprint density at radius 1 is 1.35 bits per heavy atom. The molecule has 0 aliphatic rings. The maximum atomic E-state index is 13.0. The number of rotatable bonds is 3. The number of nitrogens with one attached hydrogen (secondary N) is 1. The van der Waals surface area contributed by atoms with Crippen LogP contribution in [-0.2, 0) is 6.54 Å². The van der Waals surface area contributed by atoms with E-state index in [1.807, 2.05) is 13.0 Å². The summed E-state index contributed by atoms with van der Waals surface area (Å²) >= 11 is 5.96. The molecule has 0 atom stereocenters. The maximum Gasteiger partial charge on any atom is 0.125 e. The van der Waals surface area contributed by atoms with Gasteiger partial charge < -0.3 is 5.32 Å². The summed E-state index contributed by atoms with van der Waals surface area (Å²) in [6.07, 6.45) is 3.53. The van der Waals surface area contributed by atoms with Gasteiger partial charge in [-0.2, -0.15) is 0 Å². The molecule has 2 rings (SSSR count). The molecule has 1 N–H and O–H groups in total. The van der Waals surface area contributed by atoms with E-state index in [0.29, 0.717) is 17.3 Å². The molecule has 0 unspecified atom stereocenters. The van der Waals surface area contributed by atoms with Gasteiger partial charge in [0.1, 0.15) is 5.82 Å². The van der Waals surface area contributed by atoms with Crippen LogP contribution in [0.4, 0.5) is 10.1 Å². The van der Waals surface area contributed by atoms with Gasteiger partial charge >= 0.3 is 0 Å². The highest BCUT2D eigenvalue weighted by atomic mass is 35.5. The van der Waals surface area contributed by atoms with Crippen molar-refractivity contribution in [1.82, 2.24) is 4.98 Å². The molecule has 0 spiro atoms. The number of hydrogen-bond acceptors (Lipinski definition) is 2. The number of anilines is 1. The average Bonchev–Trinajstić information content (AvgIpc) is 2.32. The third-order valence-corrected chi connectivity index (χ3v) is 2.87. The molecule has 2 aromatic rings. The Balaban J connectivity index is 2.12. The lowest BCUT2D eigenvalue weighted by atomic mass is 10.1. The first-order valence-corrected chi connectivity index (χ1v) is 5.63. The minimum Gasteiger partial charge on any atom is -0.380 e. The summed E-state index contributed by atoms with van der Waals surface area (Å²) in [4.78, 5) is 4.05. The predicted octanol–water partition coefficient (Wildman–Crippen LogP) is 3.79. The molecule has 0 aliphatic carbocycles. The van der Waals surface area contributed by atoms with Crippen LogP contribution in [0.2, 0.25) is 5.02 Å². The van der Waals surface area contributed by atoms with E-state index < -0.39 is 0 Å². The van der Waals surface area contributed by atoms with Gasteiger partial charge in [-0.3, -0.25) is 4.98 Å². The van der Waals surface area contributed by atoms with Crippen molar-refractivity contribution in [3.8, 4) is 0 Å². The molecule has 1 aromatic carbocycles. The van der Waals surface area contributed by atoms with E-state index in [1.54, 1.807) is 12.4 Å². The summed E-state index contributed by atoms with van der Waals surface area (Å²) in [5, 5.41) is 3.61. The van der Waals surface area contributed by atoms with Crippen molar-refractivity contribution in [2.45, 2.75) is 13.5 Å². The van der Waals surface area contributed by atoms with E-state index in [9.17, 15) is 4.39 Å². The van der Waals surface area contributed by atoms with Crippen LogP contribution < -0.4 is 5.32 Å². The standard InChI is InChI=1S/C13H12ClFN2/c1-9-4-5-16-7-10(9)8-17-13-6-11(15)2-3-12(13)14/h2-7,17H,8H2,1H3. The Hall–Kier alpha value is -1.61. The number of nitrogens with zero attached hydrogens (tertiary/aromatic N) is 1. The zero-order valence-corrected chi connectivity index (χ0v) is 10.1. The molecule has 0 fully saturated rings. The second-order valence-corrected chi connectivity index (χ2v) is 4.19.